The summed E-state index contributed by atoms with van der Waals surface area (Å²) >= 11 is 0. The first-order valence-corrected chi connectivity index (χ1v) is 12.9. The molecule has 11 heteroatoms. The molecule has 3 rings (SSSR count). The van der Waals surface area contributed by atoms with Gasteiger partial charge in [-0.3, -0.25) is 9.59 Å². The summed E-state index contributed by atoms with van der Waals surface area (Å²) in [5.74, 6) is 1.84. The molecule has 2 aromatic rings. The van der Waals surface area contributed by atoms with Crippen LogP contribution in [0, 0.1) is 0 Å². The minimum atomic E-state index is -0.509. The van der Waals surface area contributed by atoms with Gasteiger partial charge in [-0.25, -0.2) is 4.98 Å². The highest BCUT2D eigenvalue weighted by molar-refractivity contribution is 5.98. The van der Waals surface area contributed by atoms with E-state index in [0.717, 1.165) is 50.6 Å². The predicted octanol–water partition coefficient (Wildman–Crippen LogP) is 2.44. The number of aromatic nitrogens is 2. The standard InChI is InChI=1S/C26H39N7O4/c1-36-19-13-18(14-20(15-19)37-2)16-31-24(34)21-17-32-26-30-12-7-4-3-6-11-29-25(35)22(27)9-5-8-10-28-23(21)33-26/h13-15,17,22H,3-12,16,27H2,1-2H3,(H,29,35)(H,31,34)(H2,28,30,32,33)/t22-/m0/s1. The molecule has 37 heavy (non-hydrogen) atoms. The number of nitrogens with zero attached hydrogens (tertiary/aromatic N) is 2. The van der Waals surface area contributed by atoms with Gasteiger partial charge in [0.2, 0.25) is 11.9 Å². The van der Waals surface area contributed by atoms with Gasteiger partial charge < -0.3 is 36.5 Å². The maximum absolute atomic E-state index is 13.1. The highest BCUT2D eigenvalue weighted by Gasteiger charge is 2.16. The van der Waals surface area contributed by atoms with Gasteiger partial charge >= 0.3 is 0 Å². The number of methoxy groups -OCH3 is 2. The van der Waals surface area contributed by atoms with E-state index in [-0.39, 0.29) is 18.4 Å². The lowest BCUT2D eigenvalue weighted by Crippen LogP contribution is -2.40. The third-order valence-electron chi connectivity index (χ3n) is 6.15. The van der Waals surface area contributed by atoms with Gasteiger partial charge in [-0.05, 0) is 49.8 Å². The van der Waals surface area contributed by atoms with Crippen molar-refractivity contribution in [3.05, 3.63) is 35.5 Å². The van der Waals surface area contributed by atoms with Gasteiger partial charge in [0, 0.05) is 38.4 Å². The number of carbonyl (C=O) groups excluding carboxylic acids is 2. The normalized spacial score (nSPS) is 17.7. The number of amides is 2. The third-order valence-corrected chi connectivity index (χ3v) is 6.15. The molecule has 0 spiro atoms. The van der Waals surface area contributed by atoms with Crippen LogP contribution in [0.5, 0.6) is 11.5 Å². The summed E-state index contributed by atoms with van der Waals surface area (Å²) < 4.78 is 10.6. The molecule has 1 atom stereocenters. The Kier molecular flexibility index (Phi) is 11.2. The Morgan fingerprint density at radius 2 is 1.62 bits per heavy atom. The number of hydrogen-bond acceptors (Lipinski definition) is 9. The molecule has 0 aliphatic carbocycles. The molecule has 2 heterocycles. The highest BCUT2D eigenvalue weighted by atomic mass is 16.5. The van der Waals surface area contributed by atoms with E-state index in [2.05, 4.69) is 31.2 Å². The van der Waals surface area contributed by atoms with Gasteiger partial charge in [0.05, 0.1) is 20.3 Å². The second-order valence-electron chi connectivity index (χ2n) is 9.02. The molecule has 1 aliphatic rings. The van der Waals surface area contributed by atoms with E-state index < -0.39 is 6.04 Å². The number of hydrogen-bond donors (Lipinski definition) is 5. The second kappa shape index (κ2) is 14.8. The van der Waals surface area contributed by atoms with Crippen LogP contribution in [0.4, 0.5) is 11.8 Å². The Morgan fingerprint density at radius 3 is 2.32 bits per heavy atom. The number of fused-ring (bicyclic) bond motifs is 2. The van der Waals surface area contributed by atoms with Crippen LogP contribution < -0.4 is 36.5 Å². The Hall–Kier alpha value is -3.60. The molecule has 11 nitrogen and oxygen atoms in total. The topological polar surface area (TPSA) is 153 Å². The summed E-state index contributed by atoms with van der Waals surface area (Å²) in [7, 11) is 3.17. The zero-order chi connectivity index (χ0) is 26.5. The summed E-state index contributed by atoms with van der Waals surface area (Å²) in [6, 6.07) is 4.95. The number of rotatable bonds is 5. The van der Waals surface area contributed by atoms with Crippen molar-refractivity contribution in [2.24, 2.45) is 5.73 Å². The van der Waals surface area contributed by atoms with Gasteiger partial charge in [-0.15, -0.1) is 0 Å². The Morgan fingerprint density at radius 1 is 0.973 bits per heavy atom. The van der Waals surface area contributed by atoms with E-state index in [1.165, 1.54) is 6.20 Å². The van der Waals surface area contributed by atoms with Crippen LogP contribution in [0.2, 0.25) is 0 Å². The van der Waals surface area contributed by atoms with Gasteiger partial charge in [0.15, 0.2) is 0 Å². The van der Waals surface area contributed by atoms with Crippen molar-refractivity contribution in [1.82, 2.24) is 20.6 Å². The van der Waals surface area contributed by atoms with Gasteiger partial charge in [-0.1, -0.05) is 12.8 Å². The Labute approximate surface area is 218 Å². The zero-order valence-electron chi connectivity index (χ0n) is 21.8. The summed E-state index contributed by atoms with van der Waals surface area (Å²) in [4.78, 5) is 34.2. The van der Waals surface area contributed by atoms with Crippen molar-refractivity contribution in [2.45, 2.75) is 57.5 Å². The molecule has 0 fully saturated rings. The average molecular weight is 514 g/mol. The quantitative estimate of drug-likeness (QED) is 0.406. The molecular weight excluding hydrogens is 474 g/mol. The Balaban J connectivity index is 1.68. The van der Waals surface area contributed by atoms with Crippen molar-refractivity contribution in [3.63, 3.8) is 0 Å². The molecule has 202 valence electrons. The fourth-order valence-electron chi connectivity index (χ4n) is 3.99. The number of nitrogens with two attached hydrogens (primary N) is 1. The van der Waals surface area contributed by atoms with Gasteiger partial charge in [-0.2, -0.15) is 4.98 Å². The maximum atomic E-state index is 13.1. The number of benzene rings is 1. The van der Waals surface area contributed by atoms with Crippen LogP contribution in [0.15, 0.2) is 24.4 Å². The first-order valence-electron chi connectivity index (χ1n) is 12.9. The van der Waals surface area contributed by atoms with Crippen molar-refractivity contribution in [1.29, 1.82) is 0 Å². The van der Waals surface area contributed by atoms with E-state index in [9.17, 15) is 9.59 Å². The lowest BCUT2D eigenvalue weighted by molar-refractivity contribution is -0.122. The molecule has 0 saturated heterocycles. The molecule has 2 bridgehead atoms. The number of carbonyl (C=O) groups is 2. The molecule has 0 radical (unpaired) electrons. The predicted molar refractivity (Wildman–Crippen MR) is 143 cm³/mol. The van der Waals surface area contributed by atoms with Crippen LogP contribution in [0.1, 0.15) is 60.9 Å². The molecule has 1 aromatic carbocycles. The van der Waals surface area contributed by atoms with E-state index >= 15 is 0 Å². The number of nitrogens with one attached hydrogen (secondary N) is 4. The lowest BCUT2D eigenvalue weighted by Gasteiger charge is -2.15. The van der Waals surface area contributed by atoms with E-state index in [1.807, 2.05) is 12.1 Å². The largest absolute Gasteiger partial charge is 0.497 e. The fraction of sp³-hybridized carbons (Fsp3) is 0.538. The van der Waals surface area contributed by atoms with Crippen molar-refractivity contribution in [3.8, 4) is 11.5 Å². The van der Waals surface area contributed by atoms with E-state index in [1.54, 1.807) is 20.3 Å². The average Bonchev–Trinajstić information content (AvgIpc) is 2.92. The van der Waals surface area contributed by atoms with Gasteiger partial charge in [0.1, 0.15) is 22.9 Å². The Bertz CT molecular complexity index is 1010. The van der Waals surface area contributed by atoms with Crippen LogP contribution in [-0.2, 0) is 11.3 Å². The van der Waals surface area contributed by atoms with Crippen molar-refractivity contribution >= 4 is 23.6 Å². The first-order chi connectivity index (χ1) is 18.0. The van der Waals surface area contributed by atoms with Crippen LogP contribution >= 0.6 is 0 Å². The van der Waals surface area contributed by atoms with E-state index in [4.69, 9.17) is 15.2 Å². The van der Waals surface area contributed by atoms with Crippen LogP contribution in [0.25, 0.3) is 0 Å². The van der Waals surface area contributed by atoms with E-state index in [0.29, 0.717) is 48.3 Å². The lowest BCUT2D eigenvalue weighted by atomic mass is 10.1. The smallest absolute Gasteiger partial charge is 0.256 e. The maximum Gasteiger partial charge on any atom is 0.256 e. The molecule has 6 N–H and O–H groups in total. The monoisotopic (exact) mass is 513 g/mol. The summed E-state index contributed by atoms with van der Waals surface area (Å²) in [5.41, 5.74) is 7.22. The second-order valence-corrected chi connectivity index (χ2v) is 9.02. The number of ether oxygens (including phenoxy) is 2. The zero-order valence-corrected chi connectivity index (χ0v) is 21.8. The third kappa shape index (κ3) is 9.09. The number of anilines is 2. The molecule has 1 aromatic heterocycles. The highest BCUT2D eigenvalue weighted by Crippen LogP contribution is 2.23. The van der Waals surface area contributed by atoms with Crippen LogP contribution in [0.3, 0.4) is 0 Å². The van der Waals surface area contributed by atoms with Crippen molar-refractivity contribution in [2.75, 3.05) is 44.5 Å². The molecule has 0 saturated carbocycles. The minimum Gasteiger partial charge on any atom is -0.497 e. The van der Waals surface area contributed by atoms with Crippen molar-refractivity contribution < 1.29 is 19.1 Å². The van der Waals surface area contributed by atoms with Gasteiger partial charge in [0.25, 0.3) is 5.91 Å². The molecule has 0 unspecified atom stereocenters. The summed E-state index contributed by atoms with van der Waals surface area (Å²) in [5, 5.41) is 12.4. The molecule has 2 amide bonds. The fourth-order valence-corrected chi connectivity index (χ4v) is 3.99. The summed E-state index contributed by atoms with van der Waals surface area (Å²) in [6.07, 6.45) is 7.61. The molecular formula is C26H39N7O4. The SMILES string of the molecule is COc1cc(CNC(=O)c2cnc3nc2NCCCC[C@H](N)C(=O)NCCCCCCN3)cc(OC)c1. The molecule has 1 aliphatic heterocycles. The first kappa shape index (κ1) is 28.0. The summed E-state index contributed by atoms with van der Waals surface area (Å²) in [6.45, 7) is 2.24. The van der Waals surface area contributed by atoms with Crippen LogP contribution in [-0.4, -0.2) is 61.7 Å². The minimum absolute atomic E-state index is 0.0937.